The monoisotopic (exact) mass is 453 g/mol. The Morgan fingerprint density at radius 1 is 1.10 bits per heavy atom. The van der Waals surface area contributed by atoms with Crippen LogP contribution in [0, 0.1) is 0 Å². The molecule has 1 unspecified atom stereocenters. The van der Waals surface area contributed by atoms with Crippen molar-refractivity contribution in [3.8, 4) is 0 Å². The van der Waals surface area contributed by atoms with Gasteiger partial charge in [-0.3, -0.25) is 9.59 Å². The maximum absolute atomic E-state index is 13.1. The Hall–Kier alpha value is -2.16. The van der Waals surface area contributed by atoms with Crippen LogP contribution in [0.3, 0.4) is 0 Å². The van der Waals surface area contributed by atoms with Crippen molar-refractivity contribution in [2.24, 2.45) is 5.73 Å². The maximum Gasteiger partial charge on any atom is 0.242 e. The normalized spacial score (nSPS) is 16.6. The van der Waals surface area contributed by atoms with Crippen LogP contribution in [-0.2, 0) is 19.6 Å². The molecular weight excluding hydrogens is 426 g/mol. The van der Waals surface area contributed by atoms with E-state index in [4.69, 9.17) is 5.73 Å². The van der Waals surface area contributed by atoms with Gasteiger partial charge in [0.25, 0.3) is 0 Å². The van der Waals surface area contributed by atoms with Crippen molar-refractivity contribution in [1.29, 1.82) is 0 Å². The molecule has 1 atom stereocenters. The van der Waals surface area contributed by atoms with Crippen LogP contribution in [0.4, 0.5) is 0 Å². The summed E-state index contributed by atoms with van der Waals surface area (Å²) in [5.74, 6) is -1.25. The van der Waals surface area contributed by atoms with Gasteiger partial charge in [-0.25, -0.2) is 8.42 Å². The lowest BCUT2D eigenvalue weighted by atomic mass is 9.91. The van der Waals surface area contributed by atoms with Crippen LogP contribution >= 0.6 is 12.4 Å². The van der Waals surface area contributed by atoms with Crippen molar-refractivity contribution < 1.29 is 18.0 Å². The Bertz CT molecular complexity index is 1020. The molecule has 4 N–H and O–H groups in total. The highest BCUT2D eigenvalue weighted by Gasteiger charge is 2.43. The Morgan fingerprint density at radius 3 is 2.33 bits per heavy atom. The van der Waals surface area contributed by atoms with E-state index in [0.29, 0.717) is 0 Å². The van der Waals surface area contributed by atoms with Crippen LogP contribution < -0.4 is 15.8 Å². The zero-order valence-corrected chi connectivity index (χ0v) is 18.5. The summed E-state index contributed by atoms with van der Waals surface area (Å²) in [5.41, 5.74) is 3.75. The second kappa shape index (κ2) is 9.76. The highest BCUT2D eigenvalue weighted by Crippen LogP contribution is 2.25. The van der Waals surface area contributed by atoms with Crippen molar-refractivity contribution in [2.75, 3.05) is 0 Å². The largest absolute Gasteiger partial charge is 0.370 e. The number of sulfonamides is 1. The van der Waals surface area contributed by atoms with Gasteiger partial charge in [0.1, 0.15) is 5.54 Å². The number of rotatable bonds is 8. The van der Waals surface area contributed by atoms with Gasteiger partial charge in [-0.05, 0) is 42.2 Å². The Morgan fingerprint density at radius 2 is 1.73 bits per heavy atom. The number of primary amides is 1. The summed E-state index contributed by atoms with van der Waals surface area (Å²) in [4.78, 5) is 24.8. The molecule has 2 aromatic rings. The van der Waals surface area contributed by atoms with E-state index in [1.54, 1.807) is 19.1 Å². The maximum atomic E-state index is 13.1. The fourth-order valence-electron chi connectivity index (χ4n) is 3.86. The number of halogens is 1. The molecule has 0 spiro atoms. The molecular formula is C21H28ClN3O4S. The SMILES string of the molecule is CCC(CC(N)=O)(NS(=O)(=O)c1ccc2ccccc2c1)C(=O)NC1CCCC1.Cl. The van der Waals surface area contributed by atoms with Gasteiger partial charge in [-0.2, -0.15) is 4.72 Å². The second-order valence-corrected chi connectivity index (χ2v) is 9.33. The lowest BCUT2D eigenvalue weighted by Crippen LogP contribution is -2.61. The molecule has 1 fully saturated rings. The van der Waals surface area contributed by atoms with E-state index in [9.17, 15) is 18.0 Å². The van der Waals surface area contributed by atoms with Crippen molar-refractivity contribution in [3.63, 3.8) is 0 Å². The Kier molecular flexibility index (Phi) is 7.85. The molecule has 3 rings (SSSR count). The second-order valence-electron chi connectivity index (χ2n) is 7.65. The highest BCUT2D eigenvalue weighted by atomic mass is 35.5. The fourth-order valence-corrected chi connectivity index (χ4v) is 5.33. The fraction of sp³-hybridized carbons (Fsp3) is 0.429. The topological polar surface area (TPSA) is 118 Å². The van der Waals surface area contributed by atoms with Crippen LogP contribution in [0.2, 0.25) is 0 Å². The molecule has 7 nitrogen and oxygen atoms in total. The molecule has 0 heterocycles. The summed E-state index contributed by atoms with van der Waals surface area (Å²) >= 11 is 0. The summed E-state index contributed by atoms with van der Waals surface area (Å²) in [6, 6.07) is 12.1. The van der Waals surface area contributed by atoms with Gasteiger partial charge in [0.05, 0.1) is 11.3 Å². The van der Waals surface area contributed by atoms with Gasteiger partial charge < -0.3 is 11.1 Å². The minimum atomic E-state index is -4.06. The first kappa shape index (κ1) is 24.1. The summed E-state index contributed by atoms with van der Waals surface area (Å²) in [6.45, 7) is 1.67. The number of nitrogens with one attached hydrogen (secondary N) is 2. The van der Waals surface area contributed by atoms with Crippen LogP contribution in [0.25, 0.3) is 10.8 Å². The summed E-state index contributed by atoms with van der Waals surface area (Å²) in [5, 5.41) is 4.58. The number of hydrogen-bond donors (Lipinski definition) is 3. The summed E-state index contributed by atoms with van der Waals surface area (Å²) in [6.07, 6.45) is 3.42. The molecule has 1 aliphatic carbocycles. The zero-order chi connectivity index (χ0) is 21.1. The summed E-state index contributed by atoms with van der Waals surface area (Å²) < 4.78 is 28.8. The van der Waals surface area contributed by atoms with Crippen molar-refractivity contribution >= 4 is 45.0 Å². The number of nitrogens with two attached hydrogens (primary N) is 1. The minimum absolute atomic E-state index is 0. The predicted molar refractivity (Wildman–Crippen MR) is 119 cm³/mol. The van der Waals surface area contributed by atoms with Crippen molar-refractivity contribution in [3.05, 3.63) is 42.5 Å². The van der Waals surface area contributed by atoms with Gasteiger partial charge >= 0.3 is 0 Å². The zero-order valence-electron chi connectivity index (χ0n) is 16.9. The van der Waals surface area contributed by atoms with Gasteiger partial charge in [0, 0.05) is 6.04 Å². The average Bonchev–Trinajstić information content (AvgIpc) is 3.19. The number of fused-ring (bicyclic) bond motifs is 1. The Labute approximate surface area is 183 Å². The quantitative estimate of drug-likeness (QED) is 0.569. The van der Waals surface area contributed by atoms with Crippen LogP contribution in [0.5, 0.6) is 0 Å². The first-order valence-electron chi connectivity index (χ1n) is 9.88. The molecule has 1 aliphatic rings. The molecule has 0 aliphatic heterocycles. The van der Waals surface area contributed by atoms with Crippen LogP contribution in [0.15, 0.2) is 47.4 Å². The van der Waals surface area contributed by atoms with Gasteiger partial charge in [-0.15, -0.1) is 12.4 Å². The number of benzene rings is 2. The number of hydrogen-bond acceptors (Lipinski definition) is 4. The van der Waals surface area contributed by atoms with Gasteiger partial charge in [0.15, 0.2) is 0 Å². The van der Waals surface area contributed by atoms with Gasteiger partial charge in [0.2, 0.25) is 21.8 Å². The third-order valence-corrected chi connectivity index (χ3v) is 7.10. The van der Waals surface area contributed by atoms with E-state index in [-0.39, 0.29) is 29.8 Å². The minimum Gasteiger partial charge on any atom is -0.370 e. The molecule has 164 valence electrons. The van der Waals surface area contributed by atoms with E-state index in [1.165, 1.54) is 6.07 Å². The standard InChI is InChI=1S/C21H27N3O4S.ClH/c1-2-21(14-19(22)25,20(26)23-17-9-5-6-10-17)24-29(27,28)18-12-11-15-7-3-4-8-16(15)13-18;/h3-4,7-8,11-13,17,24H,2,5-6,9-10,14H2,1H3,(H2,22,25)(H,23,26);1H. The van der Waals surface area contributed by atoms with E-state index in [2.05, 4.69) is 10.0 Å². The average molecular weight is 454 g/mol. The molecule has 9 heteroatoms. The summed E-state index contributed by atoms with van der Waals surface area (Å²) in [7, 11) is -4.06. The van der Waals surface area contributed by atoms with E-state index >= 15 is 0 Å². The van der Waals surface area contributed by atoms with Gasteiger partial charge in [-0.1, -0.05) is 50.1 Å². The molecule has 0 bridgehead atoms. The third kappa shape index (κ3) is 5.30. The Balaban J connectivity index is 0.00000320. The molecule has 2 amide bonds. The van der Waals surface area contributed by atoms with Crippen molar-refractivity contribution in [1.82, 2.24) is 10.0 Å². The molecule has 0 aromatic heterocycles. The lowest BCUT2D eigenvalue weighted by Gasteiger charge is -2.32. The number of amides is 2. The van der Waals surface area contributed by atoms with Crippen LogP contribution in [-0.4, -0.2) is 31.8 Å². The molecule has 0 radical (unpaired) electrons. The third-order valence-electron chi connectivity index (χ3n) is 5.57. The van der Waals surface area contributed by atoms with Crippen LogP contribution in [0.1, 0.15) is 45.4 Å². The molecule has 30 heavy (non-hydrogen) atoms. The molecule has 1 saturated carbocycles. The first-order chi connectivity index (χ1) is 13.8. The molecule has 0 saturated heterocycles. The number of carbonyl (C=O) groups excluding carboxylic acids is 2. The van der Waals surface area contributed by atoms with E-state index in [0.717, 1.165) is 36.5 Å². The van der Waals surface area contributed by atoms with E-state index < -0.39 is 33.8 Å². The first-order valence-corrected chi connectivity index (χ1v) is 11.4. The van der Waals surface area contributed by atoms with Crippen molar-refractivity contribution in [2.45, 2.75) is 61.9 Å². The predicted octanol–water partition coefficient (Wildman–Crippen LogP) is 2.62. The molecule has 2 aromatic carbocycles. The highest BCUT2D eigenvalue weighted by molar-refractivity contribution is 7.89. The number of carbonyl (C=O) groups is 2. The lowest BCUT2D eigenvalue weighted by molar-refractivity contribution is -0.132. The van der Waals surface area contributed by atoms with E-state index in [1.807, 2.05) is 24.3 Å². The smallest absolute Gasteiger partial charge is 0.242 e.